The van der Waals surface area contributed by atoms with E-state index in [9.17, 15) is 4.79 Å². The van der Waals surface area contributed by atoms with Crippen molar-refractivity contribution < 1.29 is 4.79 Å². The molecule has 0 aromatic rings. The van der Waals surface area contributed by atoms with E-state index in [1.54, 1.807) is 0 Å². The summed E-state index contributed by atoms with van der Waals surface area (Å²) in [5.41, 5.74) is 0.264. The molecule has 0 saturated heterocycles. The molecule has 12 heavy (non-hydrogen) atoms. The predicted molar refractivity (Wildman–Crippen MR) is 60.1 cm³/mol. The Morgan fingerprint density at radius 2 is 1.67 bits per heavy atom. The van der Waals surface area contributed by atoms with Gasteiger partial charge in [0.25, 0.3) is 0 Å². The van der Waals surface area contributed by atoms with Crippen LogP contribution in [0.25, 0.3) is 0 Å². The minimum absolute atomic E-state index is 0.00289. The SMILES string of the molecule is CC(C)(C)CC(C)(C)SC(=O)S. The summed E-state index contributed by atoms with van der Waals surface area (Å²) >= 11 is 5.07. The summed E-state index contributed by atoms with van der Waals surface area (Å²) in [6.45, 7) is 10.7. The van der Waals surface area contributed by atoms with Crippen LogP contribution in [0.15, 0.2) is 0 Å². The van der Waals surface area contributed by atoms with Gasteiger partial charge in [-0.3, -0.25) is 4.79 Å². The molecule has 3 heteroatoms. The number of rotatable bonds is 2. The summed E-state index contributed by atoms with van der Waals surface area (Å²) in [4.78, 5) is 10.8. The van der Waals surface area contributed by atoms with Crippen LogP contribution in [-0.4, -0.2) is 9.19 Å². The standard InChI is InChI=1S/C9H18OS2/c1-8(2,3)6-9(4,5)12-7(10)11/h6H2,1-5H3,(H,10,11). The Balaban J connectivity index is 4.13. The van der Waals surface area contributed by atoms with Crippen molar-refractivity contribution in [3.63, 3.8) is 0 Å². The molecule has 0 fully saturated rings. The molecule has 1 nitrogen and oxygen atoms in total. The normalized spacial score (nSPS) is 13.2. The van der Waals surface area contributed by atoms with Crippen LogP contribution in [0.3, 0.4) is 0 Å². The van der Waals surface area contributed by atoms with Crippen LogP contribution in [-0.2, 0) is 0 Å². The maximum absolute atomic E-state index is 10.8. The number of carbonyl (C=O) groups excluding carboxylic acids is 1. The zero-order valence-electron chi connectivity index (χ0n) is 8.47. The molecule has 72 valence electrons. The van der Waals surface area contributed by atoms with Crippen molar-refractivity contribution in [2.75, 3.05) is 0 Å². The second-order valence-corrected chi connectivity index (χ2v) is 7.25. The molecular weight excluding hydrogens is 188 g/mol. The fraction of sp³-hybridized carbons (Fsp3) is 0.889. The molecule has 0 spiro atoms. The lowest BCUT2D eigenvalue weighted by molar-refractivity contribution is 0.276. The van der Waals surface area contributed by atoms with Crippen LogP contribution in [0.5, 0.6) is 0 Å². The maximum Gasteiger partial charge on any atom is 0.243 e. The van der Waals surface area contributed by atoms with Crippen molar-refractivity contribution >= 4 is 28.8 Å². The Labute approximate surface area is 85.1 Å². The molecule has 0 bridgehead atoms. The van der Waals surface area contributed by atoms with Crippen LogP contribution in [0.1, 0.15) is 41.0 Å². The second kappa shape index (κ2) is 4.05. The first-order chi connectivity index (χ1) is 5.12. The third-order valence-corrected chi connectivity index (χ3v) is 2.47. The van der Waals surface area contributed by atoms with Crippen molar-refractivity contribution in [3.8, 4) is 0 Å². The van der Waals surface area contributed by atoms with E-state index in [0.717, 1.165) is 6.42 Å². The van der Waals surface area contributed by atoms with E-state index in [1.165, 1.54) is 11.8 Å². The summed E-state index contributed by atoms with van der Waals surface area (Å²) in [5.74, 6) is 0. The first kappa shape index (κ1) is 12.4. The zero-order valence-corrected chi connectivity index (χ0v) is 10.2. The fourth-order valence-electron chi connectivity index (χ4n) is 1.55. The van der Waals surface area contributed by atoms with Gasteiger partial charge in [-0.2, -0.15) is 0 Å². The van der Waals surface area contributed by atoms with E-state index < -0.39 is 0 Å². The third-order valence-electron chi connectivity index (χ3n) is 1.32. The molecule has 0 aromatic carbocycles. The van der Waals surface area contributed by atoms with Crippen molar-refractivity contribution in [2.24, 2.45) is 5.41 Å². The molecule has 0 aliphatic heterocycles. The highest BCUT2D eigenvalue weighted by Gasteiger charge is 2.27. The first-order valence-corrected chi connectivity index (χ1v) is 5.31. The molecular formula is C9H18OS2. The Hall–Kier alpha value is 0.370. The molecule has 0 saturated carbocycles. The minimum atomic E-state index is -0.0933. The lowest BCUT2D eigenvalue weighted by atomic mass is 9.86. The van der Waals surface area contributed by atoms with Gasteiger partial charge in [-0.1, -0.05) is 59.0 Å². The highest BCUT2D eigenvalue weighted by molar-refractivity contribution is 8.32. The van der Waals surface area contributed by atoms with Gasteiger partial charge in [0.05, 0.1) is 0 Å². The van der Waals surface area contributed by atoms with Crippen LogP contribution in [0, 0.1) is 5.41 Å². The molecule has 0 aliphatic carbocycles. The number of hydrogen-bond donors (Lipinski definition) is 1. The van der Waals surface area contributed by atoms with E-state index in [0.29, 0.717) is 0 Å². The fourth-order valence-corrected chi connectivity index (χ4v) is 3.27. The highest BCUT2D eigenvalue weighted by atomic mass is 32.2. The van der Waals surface area contributed by atoms with Gasteiger partial charge in [-0.05, 0) is 11.8 Å². The van der Waals surface area contributed by atoms with Gasteiger partial charge in [-0.15, -0.1) is 0 Å². The summed E-state index contributed by atoms with van der Waals surface area (Å²) < 4.78 is -0.0962. The summed E-state index contributed by atoms with van der Waals surface area (Å²) in [6, 6.07) is 0. The summed E-state index contributed by atoms with van der Waals surface area (Å²) in [5, 5.41) is 0. The van der Waals surface area contributed by atoms with Gasteiger partial charge in [0.1, 0.15) is 0 Å². The van der Waals surface area contributed by atoms with Gasteiger partial charge in [-0.25, -0.2) is 0 Å². The van der Waals surface area contributed by atoms with Crippen molar-refractivity contribution in [2.45, 2.75) is 45.8 Å². The molecule has 0 aromatic heterocycles. The Morgan fingerprint density at radius 3 is 1.92 bits per heavy atom. The Kier molecular flexibility index (Phi) is 4.18. The number of carbonyl (C=O) groups is 1. The van der Waals surface area contributed by atoms with Crippen molar-refractivity contribution in [1.29, 1.82) is 0 Å². The van der Waals surface area contributed by atoms with E-state index in [-0.39, 0.29) is 14.6 Å². The summed E-state index contributed by atoms with van der Waals surface area (Å²) in [7, 11) is 0. The minimum Gasteiger partial charge on any atom is -0.275 e. The predicted octanol–water partition coefficient (Wildman–Crippen LogP) is 3.98. The maximum atomic E-state index is 10.8. The van der Waals surface area contributed by atoms with Crippen molar-refractivity contribution in [3.05, 3.63) is 0 Å². The van der Waals surface area contributed by atoms with E-state index in [4.69, 9.17) is 0 Å². The van der Waals surface area contributed by atoms with Gasteiger partial charge >= 0.3 is 0 Å². The van der Waals surface area contributed by atoms with Crippen LogP contribution >= 0.6 is 24.4 Å². The van der Waals surface area contributed by atoms with Crippen LogP contribution in [0.2, 0.25) is 0 Å². The number of thiol groups is 1. The van der Waals surface area contributed by atoms with Crippen LogP contribution in [0.4, 0.5) is 4.79 Å². The van der Waals surface area contributed by atoms with Gasteiger partial charge in [0.2, 0.25) is 4.45 Å². The Morgan fingerprint density at radius 1 is 1.25 bits per heavy atom. The molecule has 0 atom stereocenters. The summed E-state index contributed by atoms with van der Waals surface area (Å²) in [6.07, 6.45) is 1.01. The highest BCUT2D eigenvalue weighted by Crippen LogP contribution is 2.37. The molecule has 0 aliphatic rings. The Bertz CT molecular complexity index is 168. The molecule has 0 rings (SSSR count). The zero-order chi connectivity index (χ0) is 9.99. The topological polar surface area (TPSA) is 17.1 Å². The van der Waals surface area contributed by atoms with E-state index in [2.05, 4.69) is 47.2 Å². The molecule has 0 unspecified atom stereocenters. The molecule has 0 amide bonds. The molecule has 0 N–H and O–H groups in total. The number of thioether (sulfide) groups is 1. The van der Waals surface area contributed by atoms with Gasteiger partial charge < -0.3 is 0 Å². The second-order valence-electron chi connectivity index (χ2n) is 4.87. The van der Waals surface area contributed by atoms with E-state index in [1.807, 2.05) is 0 Å². The third kappa shape index (κ3) is 7.04. The quantitative estimate of drug-likeness (QED) is 0.688. The number of hydrogen-bond acceptors (Lipinski definition) is 2. The van der Waals surface area contributed by atoms with Gasteiger partial charge in [0, 0.05) is 4.75 Å². The van der Waals surface area contributed by atoms with Gasteiger partial charge in [0.15, 0.2) is 0 Å². The monoisotopic (exact) mass is 206 g/mol. The van der Waals surface area contributed by atoms with E-state index >= 15 is 0 Å². The molecule has 0 heterocycles. The van der Waals surface area contributed by atoms with Crippen LogP contribution < -0.4 is 0 Å². The largest absolute Gasteiger partial charge is 0.275 e. The first-order valence-electron chi connectivity index (χ1n) is 4.04. The lowest BCUT2D eigenvalue weighted by Crippen LogP contribution is -2.24. The molecule has 0 radical (unpaired) electrons. The smallest absolute Gasteiger partial charge is 0.243 e. The average molecular weight is 206 g/mol. The van der Waals surface area contributed by atoms with Crippen molar-refractivity contribution in [1.82, 2.24) is 0 Å². The average Bonchev–Trinajstić information content (AvgIpc) is 1.48. The lowest BCUT2D eigenvalue weighted by Gasteiger charge is -2.30.